The third-order valence-corrected chi connectivity index (χ3v) is 6.12. The lowest BCUT2D eigenvalue weighted by Crippen LogP contribution is -2.37. The van der Waals surface area contributed by atoms with Crippen LogP contribution in [-0.4, -0.2) is 13.1 Å². The molecule has 3 rings (SSSR count). The topological polar surface area (TPSA) is 12.9 Å². The Bertz CT molecular complexity index is 824. The van der Waals surface area contributed by atoms with Gasteiger partial charge in [-0.25, -0.2) is 4.98 Å². The van der Waals surface area contributed by atoms with E-state index in [0.717, 1.165) is 11.2 Å². The molecule has 0 aliphatic heterocycles. The zero-order valence-electron chi connectivity index (χ0n) is 14.1. The van der Waals surface area contributed by atoms with Crippen LogP contribution in [0.5, 0.6) is 0 Å². The fourth-order valence-corrected chi connectivity index (χ4v) is 4.02. The van der Waals surface area contributed by atoms with Crippen molar-refractivity contribution in [1.29, 1.82) is 0 Å². The van der Waals surface area contributed by atoms with E-state index < -0.39 is 8.07 Å². The summed E-state index contributed by atoms with van der Waals surface area (Å²) in [6, 6.07) is 17.7. The highest BCUT2D eigenvalue weighted by atomic mass is 28.3. The van der Waals surface area contributed by atoms with Gasteiger partial charge in [-0.1, -0.05) is 60.2 Å². The molecule has 112 valence electrons. The Balaban J connectivity index is 2.15. The van der Waals surface area contributed by atoms with E-state index in [4.69, 9.17) is 4.98 Å². The Morgan fingerprint density at radius 2 is 1.41 bits per heavy atom. The quantitative estimate of drug-likeness (QED) is 0.603. The van der Waals surface area contributed by atoms with E-state index in [2.05, 4.69) is 82.0 Å². The van der Waals surface area contributed by atoms with Gasteiger partial charge in [0.2, 0.25) is 0 Å². The lowest BCUT2D eigenvalue weighted by Gasteiger charge is -2.17. The molecule has 0 saturated carbocycles. The molecule has 0 amide bonds. The number of rotatable bonds is 2. The van der Waals surface area contributed by atoms with Crippen molar-refractivity contribution in [3.8, 4) is 11.3 Å². The number of benzene rings is 2. The van der Waals surface area contributed by atoms with Gasteiger partial charge >= 0.3 is 0 Å². The first-order chi connectivity index (χ1) is 10.3. The summed E-state index contributed by atoms with van der Waals surface area (Å²) >= 11 is 0. The van der Waals surface area contributed by atoms with Crippen LogP contribution in [0.25, 0.3) is 22.2 Å². The molecule has 0 spiro atoms. The second kappa shape index (κ2) is 5.36. The number of hydrogen-bond acceptors (Lipinski definition) is 1. The van der Waals surface area contributed by atoms with Crippen molar-refractivity contribution in [3.05, 3.63) is 59.7 Å². The summed E-state index contributed by atoms with van der Waals surface area (Å²) < 4.78 is 0. The van der Waals surface area contributed by atoms with Gasteiger partial charge in [-0.05, 0) is 38.1 Å². The molecule has 22 heavy (non-hydrogen) atoms. The van der Waals surface area contributed by atoms with E-state index in [-0.39, 0.29) is 0 Å². The average Bonchev–Trinajstić information content (AvgIpc) is 2.44. The summed E-state index contributed by atoms with van der Waals surface area (Å²) in [6.07, 6.45) is 0. The van der Waals surface area contributed by atoms with Gasteiger partial charge in [0.25, 0.3) is 0 Å². The van der Waals surface area contributed by atoms with Crippen molar-refractivity contribution in [2.75, 3.05) is 0 Å². The maximum absolute atomic E-state index is 4.92. The largest absolute Gasteiger partial charge is 0.248 e. The molecular weight excluding hydrogens is 282 g/mol. The molecular formula is C20H23NSi. The van der Waals surface area contributed by atoms with Gasteiger partial charge < -0.3 is 0 Å². The van der Waals surface area contributed by atoms with Crippen LogP contribution in [0.4, 0.5) is 0 Å². The SMILES string of the molecule is Cc1cc(C)cc(-c2ccc3ccc([Si](C)(C)C)cc3n2)c1. The zero-order chi connectivity index (χ0) is 15.9. The van der Waals surface area contributed by atoms with Crippen LogP contribution in [0.3, 0.4) is 0 Å². The predicted molar refractivity (Wildman–Crippen MR) is 99.6 cm³/mol. The van der Waals surface area contributed by atoms with Crippen molar-refractivity contribution < 1.29 is 0 Å². The molecule has 0 aliphatic rings. The predicted octanol–water partition coefficient (Wildman–Crippen LogP) is 5.06. The molecule has 1 aromatic heterocycles. The third-order valence-electron chi connectivity index (χ3n) is 4.08. The van der Waals surface area contributed by atoms with Crippen molar-refractivity contribution in [1.82, 2.24) is 4.98 Å². The minimum Gasteiger partial charge on any atom is -0.248 e. The monoisotopic (exact) mass is 305 g/mol. The zero-order valence-corrected chi connectivity index (χ0v) is 15.1. The van der Waals surface area contributed by atoms with Gasteiger partial charge in [-0.15, -0.1) is 0 Å². The number of hydrogen-bond donors (Lipinski definition) is 0. The molecule has 1 heterocycles. The average molecular weight is 305 g/mol. The lowest BCUT2D eigenvalue weighted by molar-refractivity contribution is 1.34. The van der Waals surface area contributed by atoms with Crippen LogP contribution in [0, 0.1) is 13.8 Å². The smallest absolute Gasteiger partial charge is 0.0776 e. The van der Waals surface area contributed by atoms with Crippen molar-refractivity contribution in [2.45, 2.75) is 33.5 Å². The molecule has 0 atom stereocenters. The van der Waals surface area contributed by atoms with Crippen molar-refractivity contribution in [3.63, 3.8) is 0 Å². The molecule has 0 aliphatic carbocycles. The van der Waals surface area contributed by atoms with E-state index in [1.165, 1.54) is 27.3 Å². The maximum atomic E-state index is 4.92. The lowest BCUT2D eigenvalue weighted by atomic mass is 10.0. The van der Waals surface area contributed by atoms with E-state index >= 15 is 0 Å². The third kappa shape index (κ3) is 2.97. The summed E-state index contributed by atoms with van der Waals surface area (Å²) in [6.45, 7) is 11.4. The fraction of sp³-hybridized carbons (Fsp3) is 0.250. The fourth-order valence-electron chi connectivity index (χ4n) is 2.87. The van der Waals surface area contributed by atoms with Crippen LogP contribution in [-0.2, 0) is 0 Å². The number of pyridine rings is 1. The van der Waals surface area contributed by atoms with Crippen LogP contribution in [0.15, 0.2) is 48.5 Å². The minimum atomic E-state index is -1.31. The van der Waals surface area contributed by atoms with E-state index in [1.54, 1.807) is 0 Å². The van der Waals surface area contributed by atoms with Gasteiger partial charge in [0.15, 0.2) is 0 Å². The Kier molecular flexibility index (Phi) is 3.65. The van der Waals surface area contributed by atoms with Crippen LogP contribution in [0.2, 0.25) is 19.6 Å². The van der Waals surface area contributed by atoms with Gasteiger partial charge in [-0.2, -0.15) is 0 Å². The Labute approximate surface area is 134 Å². The molecule has 0 radical (unpaired) electrons. The summed E-state index contributed by atoms with van der Waals surface area (Å²) in [5, 5.41) is 2.68. The van der Waals surface area contributed by atoms with Crippen molar-refractivity contribution in [2.24, 2.45) is 0 Å². The molecule has 0 fully saturated rings. The van der Waals surface area contributed by atoms with Gasteiger partial charge in [0, 0.05) is 10.9 Å². The molecule has 3 aromatic rings. The van der Waals surface area contributed by atoms with Crippen LogP contribution in [0.1, 0.15) is 11.1 Å². The molecule has 0 N–H and O–H groups in total. The van der Waals surface area contributed by atoms with E-state index in [1.807, 2.05) is 0 Å². The normalized spacial score (nSPS) is 11.9. The summed E-state index contributed by atoms with van der Waals surface area (Å²) in [7, 11) is -1.31. The van der Waals surface area contributed by atoms with E-state index in [0.29, 0.717) is 0 Å². The highest BCUT2D eigenvalue weighted by Crippen LogP contribution is 2.23. The Morgan fingerprint density at radius 3 is 2.05 bits per heavy atom. The molecule has 0 unspecified atom stereocenters. The van der Waals surface area contributed by atoms with Crippen LogP contribution < -0.4 is 5.19 Å². The maximum Gasteiger partial charge on any atom is 0.0776 e. The summed E-state index contributed by atoms with van der Waals surface area (Å²) in [5.74, 6) is 0. The first-order valence-corrected chi connectivity index (χ1v) is 11.3. The first kappa shape index (κ1) is 15.0. The second-order valence-corrected chi connectivity index (χ2v) is 12.3. The molecule has 0 saturated heterocycles. The summed E-state index contributed by atoms with van der Waals surface area (Å²) in [4.78, 5) is 4.92. The number of aromatic nitrogens is 1. The molecule has 1 nitrogen and oxygen atoms in total. The van der Waals surface area contributed by atoms with E-state index in [9.17, 15) is 0 Å². The van der Waals surface area contributed by atoms with Gasteiger partial charge in [0.05, 0.1) is 19.3 Å². The highest BCUT2D eigenvalue weighted by Gasteiger charge is 2.16. The standard InChI is InChI=1S/C20H23NSi/c1-14-10-15(2)12-17(11-14)19-9-7-16-6-8-18(22(3,4)5)13-20(16)21-19/h6-13H,1-5H3. The molecule has 0 bridgehead atoms. The van der Waals surface area contributed by atoms with Crippen molar-refractivity contribution >= 4 is 24.2 Å². The Morgan fingerprint density at radius 1 is 0.773 bits per heavy atom. The van der Waals surface area contributed by atoms with Crippen LogP contribution >= 0.6 is 0 Å². The molecule has 2 heteroatoms. The number of aryl methyl sites for hydroxylation is 2. The highest BCUT2D eigenvalue weighted by molar-refractivity contribution is 6.88. The molecule has 2 aromatic carbocycles. The number of nitrogens with zero attached hydrogens (tertiary/aromatic N) is 1. The minimum absolute atomic E-state index is 1.06. The second-order valence-electron chi connectivity index (χ2n) is 7.23. The van der Waals surface area contributed by atoms with Gasteiger partial charge in [-0.3, -0.25) is 0 Å². The first-order valence-electron chi connectivity index (χ1n) is 7.83. The Hall–Kier alpha value is -1.93. The summed E-state index contributed by atoms with van der Waals surface area (Å²) in [5.41, 5.74) is 5.95. The number of fused-ring (bicyclic) bond motifs is 1. The van der Waals surface area contributed by atoms with Gasteiger partial charge in [0.1, 0.15) is 0 Å².